The van der Waals surface area contributed by atoms with Gasteiger partial charge in [0.2, 0.25) is 5.91 Å². The summed E-state index contributed by atoms with van der Waals surface area (Å²) in [6.07, 6.45) is -4.76. The molecule has 6 nitrogen and oxygen atoms in total. The van der Waals surface area contributed by atoms with Crippen LogP contribution in [0, 0.1) is 6.92 Å². The second-order valence-electron chi connectivity index (χ2n) is 5.64. The number of nitrogens with one attached hydrogen (secondary N) is 2. The highest BCUT2D eigenvalue weighted by molar-refractivity contribution is 6.31. The molecule has 0 spiro atoms. The molecule has 1 aromatic carbocycles. The number of nitrogens with zero attached hydrogens (tertiary/aromatic N) is 1. The molecule has 2 aromatic rings. The Labute approximate surface area is 150 Å². The number of amides is 1. The van der Waals surface area contributed by atoms with Crippen LogP contribution in [0.15, 0.2) is 27.8 Å². The van der Waals surface area contributed by atoms with Gasteiger partial charge in [0.05, 0.1) is 10.6 Å². The minimum atomic E-state index is -4.64. The molecule has 0 aliphatic carbocycles. The van der Waals surface area contributed by atoms with Crippen molar-refractivity contribution >= 4 is 23.2 Å². The molecule has 26 heavy (non-hydrogen) atoms. The quantitative estimate of drug-likeness (QED) is 0.843. The zero-order valence-electron chi connectivity index (χ0n) is 13.8. The first-order valence-corrected chi connectivity index (χ1v) is 7.84. The monoisotopic (exact) mass is 389 g/mol. The number of aryl methyl sites for hydroxylation is 1. The Kier molecular flexibility index (Phi) is 5.60. The molecule has 0 unspecified atom stereocenters. The number of hydrogen-bond donors (Lipinski definition) is 2. The van der Waals surface area contributed by atoms with Crippen molar-refractivity contribution in [1.29, 1.82) is 0 Å². The zero-order valence-corrected chi connectivity index (χ0v) is 14.6. The molecule has 0 aliphatic heterocycles. The van der Waals surface area contributed by atoms with Gasteiger partial charge >= 0.3 is 11.9 Å². The molecule has 0 saturated carbocycles. The molecule has 0 atom stereocenters. The number of carbonyl (C=O) groups excluding carboxylic acids is 1. The first-order valence-electron chi connectivity index (χ1n) is 7.46. The van der Waals surface area contributed by atoms with E-state index in [1.54, 1.807) is 0 Å². The van der Waals surface area contributed by atoms with Crippen molar-refractivity contribution in [3.8, 4) is 0 Å². The fraction of sp³-hybridized carbons (Fsp3) is 0.312. The van der Waals surface area contributed by atoms with Crippen LogP contribution in [0.3, 0.4) is 0 Å². The summed E-state index contributed by atoms with van der Waals surface area (Å²) in [7, 11) is 1.30. The van der Waals surface area contributed by atoms with Gasteiger partial charge in [-0.05, 0) is 31.5 Å². The van der Waals surface area contributed by atoms with Crippen LogP contribution >= 0.6 is 11.6 Å². The van der Waals surface area contributed by atoms with Crippen molar-refractivity contribution in [3.05, 3.63) is 60.9 Å². The number of benzene rings is 1. The van der Waals surface area contributed by atoms with E-state index in [-0.39, 0.29) is 24.1 Å². The van der Waals surface area contributed by atoms with Gasteiger partial charge in [0.25, 0.3) is 5.56 Å². The maximum Gasteiger partial charge on any atom is 0.417 e. The highest BCUT2D eigenvalue weighted by Crippen LogP contribution is 2.36. The fourth-order valence-corrected chi connectivity index (χ4v) is 2.58. The first kappa shape index (κ1) is 19.8. The lowest BCUT2D eigenvalue weighted by Gasteiger charge is -2.12. The van der Waals surface area contributed by atoms with Crippen LogP contribution in [0.4, 0.5) is 18.9 Å². The Hall–Kier alpha value is -2.55. The van der Waals surface area contributed by atoms with Gasteiger partial charge in [0.15, 0.2) is 0 Å². The van der Waals surface area contributed by atoms with Gasteiger partial charge in [0.1, 0.15) is 0 Å². The SMILES string of the molecule is Cc1[nH]c(=O)n(C)c(=O)c1CCC(=O)Nc1ccc(Cl)c(C(F)(F)F)c1. The van der Waals surface area contributed by atoms with E-state index >= 15 is 0 Å². The van der Waals surface area contributed by atoms with Gasteiger partial charge in [0, 0.05) is 30.4 Å². The van der Waals surface area contributed by atoms with Crippen molar-refractivity contribution in [1.82, 2.24) is 9.55 Å². The van der Waals surface area contributed by atoms with Gasteiger partial charge in [-0.3, -0.25) is 14.2 Å². The van der Waals surface area contributed by atoms with E-state index in [1.807, 2.05) is 0 Å². The van der Waals surface area contributed by atoms with Crippen molar-refractivity contribution in [2.24, 2.45) is 7.05 Å². The topological polar surface area (TPSA) is 84.0 Å². The van der Waals surface area contributed by atoms with Crippen LogP contribution in [0.2, 0.25) is 5.02 Å². The normalized spacial score (nSPS) is 11.5. The van der Waals surface area contributed by atoms with Crippen LogP contribution in [0.1, 0.15) is 23.2 Å². The molecule has 0 radical (unpaired) electrons. The van der Waals surface area contributed by atoms with E-state index in [9.17, 15) is 27.6 Å². The number of aromatic nitrogens is 2. The second kappa shape index (κ2) is 7.36. The average Bonchev–Trinajstić information content (AvgIpc) is 2.53. The highest BCUT2D eigenvalue weighted by atomic mass is 35.5. The molecule has 0 aliphatic rings. The Morgan fingerprint density at radius 2 is 1.96 bits per heavy atom. The summed E-state index contributed by atoms with van der Waals surface area (Å²) in [5.74, 6) is -0.576. The predicted octanol–water partition coefficient (Wildman–Crippen LogP) is 2.63. The summed E-state index contributed by atoms with van der Waals surface area (Å²) < 4.78 is 39.4. The van der Waals surface area contributed by atoms with Gasteiger partial charge in [-0.1, -0.05) is 11.6 Å². The van der Waals surface area contributed by atoms with Crippen LogP contribution < -0.4 is 16.6 Å². The maximum absolute atomic E-state index is 12.8. The number of rotatable bonds is 4. The van der Waals surface area contributed by atoms with Crippen molar-refractivity contribution in [2.75, 3.05) is 5.32 Å². The van der Waals surface area contributed by atoms with Crippen LogP contribution in [-0.4, -0.2) is 15.5 Å². The number of hydrogen-bond acceptors (Lipinski definition) is 3. The summed E-state index contributed by atoms with van der Waals surface area (Å²) in [4.78, 5) is 38.0. The summed E-state index contributed by atoms with van der Waals surface area (Å²) in [5.41, 5.74) is -1.60. The van der Waals surface area contributed by atoms with Crippen LogP contribution in [0.25, 0.3) is 0 Å². The van der Waals surface area contributed by atoms with E-state index in [4.69, 9.17) is 11.6 Å². The van der Waals surface area contributed by atoms with E-state index in [0.29, 0.717) is 5.69 Å². The molecule has 0 fully saturated rings. The number of carbonyl (C=O) groups is 1. The van der Waals surface area contributed by atoms with Crippen molar-refractivity contribution in [2.45, 2.75) is 25.9 Å². The fourth-order valence-electron chi connectivity index (χ4n) is 2.35. The molecule has 1 heterocycles. The largest absolute Gasteiger partial charge is 0.417 e. The zero-order chi connectivity index (χ0) is 19.6. The summed E-state index contributed by atoms with van der Waals surface area (Å²) in [5, 5.41) is 1.87. The second-order valence-corrected chi connectivity index (χ2v) is 6.05. The Morgan fingerprint density at radius 3 is 2.58 bits per heavy atom. The molecule has 1 aromatic heterocycles. The number of halogens is 4. The molecule has 0 bridgehead atoms. The van der Waals surface area contributed by atoms with Crippen LogP contribution in [-0.2, 0) is 24.4 Å². The maximum atomic E-state index is 12.8. The highest BCUT2D eigenvalue weighted by Gasteiger charge is 2.33. The summed E-state index contributed by atoms with van der Waals surface area (Å²) >= 11 is 5.52. The molecule has 2 N–H and O–H groups in total. The third kappa shape index (κ3) is 4.34. The molecule has 1 amide bonds. The first-order chi connectivity index (χ1) is 12.0. The Bertz CT molecular complexity index is 964. The summed E-state index contributed by atoms with van der Waals surface area (Å²) in [6, 6.07) is 3.03. The van der Waals surface area contributed by atoms with Crippen molar-refractivity contribution < 1.29 is 18.0 Å². The van der Waals surface area contributed by atoms with Gasteiger partial charge in [-0.15, -0.1) is 0 Å². The van der Waals surface area contributed by atoms with E-state index in [2.05, 4.69) is 10.3 Å². The van der Waals surface area contributed by atoms with E-state index in [1.165, 1.54) is 20.0 Å². The predicted molar refractivity (Wildman–Crippen MR) is 90.4 cm³/mol. The minimum absolute atomic E-state index is 0.0286. The number of H-pyrrole nitrogens is 1. The van der Waals surface area contributed by atoms with Gasteiger partial charge < -0.3 is 10.3 Å². The van der Waals surface area contributed by atoms with E-state index in [0.717, 1.165) is 16.7 Å². The molecular weight excluding hydrogens is 375 g/mol. The summed E-state index contributed by atoms with van der Waals surface area (Å²) in [6.45, 7) is 1.53. The lowest BCUT2D eigenvalue weighted by molar-refractivity contribution is -0.137. The Morgan fingerprint density at radius 1 is 1.31 bits per heavy atom. The molecular formula is C16H15ClF3N3O3. The van der Waals surface area contributed by atoms with E-state index < -0.39 is 33.9 Å². The molecule has 140 valence electrons. The van der Waals surface area contributed by atoms with Crippen molar-refractivity contribution in [3.63, 3.8) is 0 Å². The number of aromatic amines is 1. The lowest BCUT2D eigenvalue weighted by atomic mass is 10.1. The molecule has 10 heteroatoms. The molecule has 0 saturated heterocycles. The number of anilines is 1. The standard InChI is InChI=1S/C16H15ClF3N3O3/c1-8-10(14(25)23(2)15(26)21-8)4-6-13(24)22-9-3-5-12(17)11(7-9)16(18,19)20/h3,5,7H,4,6H2,1-2H3,(H,21,26)(H,22,24). The average molecular weight is 390 g/mol. The third-order valence-electron chi connectivity index (χ3n) is 3.77. The van der Waals surface area contributed by atoms with Gasteiger partial charge in [-0.25, -0.2) is 4.79 Å². The lowest BCUT2D eigenvalue weighted by Crippen LogP contribution is -2.36. The van der Waals surface area contributed by atoms with Gasteiger partial charge in [-0.2, -0.15) is 13.2 Å². The molecule has 2 rings (SSSR count). The minimum Gasteiger partial charge on any atom is -0.326 e. The number of alkyl halides is 3. The third-order valence-corrected chi connectivity index (χ3v) is 4.10. The smallest absolute Gasteiger partial charge is 0.326 e. The van der Waals surface area contributed by atoms with Crippen LogP contribution in [0.5, 0.6) is 0 Å². The Balaban J connectivity index is 2.13.